The average Bonchev–Trinajstić information content (AvgIpc) is 3.13. The number of ether oxygens (including phenoxy) is 1. The van der Waals surface area contributed by atoms with Crippen LogP contribution in [0.1, 0.15) is 53.7 Å². The topological polar surface area (TPSA) is 88.8 Å². The molecule has 0 aliphatic carbocycles. The number of carbonyl (C=O) groups is 1. The number of aryl methyl sites for hydroxylation is 2. The minimum atomic E-state index is -0.321. The van der Waals surface area contributed by atoms with Gasteiger partial charge < -0.3 is 19.9 Å². The van der Waals surface area contributed by atoms with Crippen LogP contribution >= 0.6 is 24.0 Å². The minimum Gasteiger partial charge on any atom is -0.465 e. The Morgan fingerprint density at radius 3 is 2.45 bits per heavy atom. The van der Waals surface area contributed by atoms with Gasteiger partial charge in [-0.1, -0.05) is 31.1 Å². The summed E-state index contributed by atoms with van der Waals surface area (Å²) in [5.41, 5.74) is 3.75. The molecule has 0 radical (unpaired) electrons. The number of aliphatic imine (C=N–C) groups is 1. The molecule has 1 heterocycles. The zero-order valence-corrected chi connectivity index (χ0v) is 19.9. The van der Waals surface area contributed by atoms with Crippen LogP contribution in [0.4, 0.5) is 0 Å². The van der Waals surface area contributed by atoms with E-state index in [0.717, 1.165) is 60.9 Å². The molecule has 160 valence electrons. The number of nitrogens with zero attached hydrogens (tertiary/aromatic N) is 2. The van der Waals surface area contributed by atoms with E-state index in [1.54, 1.807) is 12.1 Å². The van der Waals surface area contributed by atoms with Gasteiger partial charge in [-0.05, 0) is 37.5 Å². The number of hydrogen-bond acceptors (Lipinski definition) is 5. The number of guanidine groups is 1. The van der Waals surface area contributed by atoms with Crippen molar-refractivity contribution in [2.24, 2.45) is 4.99 Å². The van der Waals surface area contributed by atoms with Crippen LogP contribution in [-0.4, -0.2) is 37.3 Å². The molecule has 0 spiro atoms. The summed E-state index contributed by atoms with van der Waals surface area (Å²) in [7, 11) is 1.38. The standard InChI is InChI=1S/C21H30N4O3.HI/c1-5-18-17(19(6-2)28-25-18)14-24-21(22-7-3)23-13-12-15-8-10-16(11-9-15)20(26)27-4;/h8-11H,5-7,12-14H2,1-4H3,(H2,22,23,24);1H. The molecule has 0 aliphatic rings. The van der Waals surface area contributed by atoms with Gasteiger partial charge in [-0.3, -0.25) is 0 Å². The molecule has 2 rings (SSSR count). The maximum Gasteiger partial charge on any atom is 0.337 e. The lowest BCUT2D eigenvalue weighted by Gasteiger charge is -2.11. The molecule has 0 aliphatic heterocycles. The average molecular weight is 514 g/mol. The number of benzene rings is 1. The number of esters is 1. The number of halogens is 1. The van der Waals surface area contributed by atoms with Crippen LogP contribution in [0.2, 0.25) is 0 Å². The van der Waals surface area contributed by atoms with Gasteiger partial charge in [0.15, 0.2) is 5.96 Å². The van der Waals surface area contributed by atoms with Crippen molar-refractivity contribution >= 4 is 35.9 Å². The predicted molar refractivity (Wildman–Crippen MR) is 125 cm³/mol. The quantitative estimate of drug-likeness (QED) is 0.231. The third-order valence-electron chi connectivity index (χ3n) is 4.43. The molecule has 0 atom stereocenters. The van der Waals surface area contributed by atoms with Crippen molar-refractivity contribution in [2.75, 3.05) is 20.2 Å². The summed E-state index contributed by atoms with van der Waals surface area (Å²) >= 11 is 0. The number of aromatic nitrogens is 1. The first-order valence-corrected chi connectivity index (χ1v) is 9.78. The molecular formula is C21H31IN4O3. The highest BCUT2D eigenvalue weighted by Crippen LogP contribution is 2.16. The van der Waals surface area contributed by atoms with Crippen molar-refractivity contribution in [2.45, 2.75) is 46.6 Å². The van der Waals surface area contributed by atoms with E-state index in [4.69, 9.17) is 9.26 Å². The summed E-state index contributed by atoms with van der Waals surface area (Å²) in [5, 5.41) is 10.8. The number of methoxy groups -OCH3 is 1. The molecule has 0 saturated heterocycles. The van der Waals surface area contributed by atoms with Crippen LogP contribution in [0.15, 0.2) is 33.8 Å². The Kier molecular flexibility index (Phi) is 11.3. The molecule has 0 saturated carbocycles. The van der Waals surface area contributed by atoms with E-state index in [2.05, 4.69) is 34.6 Å². The first kappa shape index (κ1) is 24.9. The van der Waals surface area contributed by atoms with E-state index in [9.17, 15) is 4.79 Å². The Balaban J connectivity index is 0.00000420. The number of hydrogen-bond donors (Lipinski definition) is 2. The molecule has 1 aromatic heterocycles. The van der Waals surface area contributed by atoms with E-state index in [0.29, 0.717) is 12.1 Å². The van der Waals surface area contributed by atoms with Crippen molar-refractivity contribution in [3.8, 4) is 0 Å². The molecule has 2 N–H and O–H groups in total. The minimum absolute atomic E-state index is 0. The third kappa shape index (κ3) is 7.34. The lowest BCUT2D eigenvalue weighted by atomic mass is 10.1. The largest absolute Gasteiger partial charge is 0.465 e. The first-order valence-electron chi connectivity index (χ1n) is 9.78. The van der Waals surface area contributed by atoms with Crippen molar-refractivity contribution in [3.63, 3.8) is 0 Å². The number of carbonyl (C=O) groups excluding carboxylic acids is 1. The molecule has 29 heavy (non-hydrogen) atoms. The molecule has 1 aromatic carbocycles. The van der Waals surface area contributed by atoms with Crippen LogP contribution in [-0.2, 0) is 30.5 Å². The molecule has 8 heteroatoms. The zero-order chi connectivity index (χ0) is 20.4. The Morgan fingerprint density at radius 1 is 1.14 bits per heavy atom. The zero-order valence-electron chi connectivity index (χ0n) is 17.6. The molecule has 0 amide bonds. The fraction of sp³-hybridized carbons (Fsp3) is 0.476. The van der Waals surface area contributed by atoms with Gasteiger partial charge in [0.25, 0.3) is 0 Å². The lowest BCUT2D eigenvalue weighted by molar-refractivity contribution is 0.0600. The highest BCUT2D eigenvalue weighted by molar-refractivity contribution is 14.0. The van der Waals surface area contributed by atoms with Gasteiger partial charge >= 0.3 is 5.97 Å². The van der Waals surface area contributed by atoms with Crippen LogP contribution in [0.25, 0.3) is 0 Å². The summed E-state index contributed by atoms with van der Waals surface area (Å²) in [5.74, 6) is 1.35. The molecule has 0 bridgehead atoms. The number of nitrogens with one attached hydrogen (secondary N) is 2. The van der Waals surface area contributed by atoms with Gasteiger partial charge in [0.2, 0.25) is 0 Å². The van der Waals surface area contributed by atoms with Gasteiger partial charge in [-0.15, -0.1) is 24.0 Å². The fourth-order valence-electron chi connectivity index (χ4n) is 2.87. The van der Waals surface area contributed by atoms with Crippen LogP contribution in [0.3, 0.4) is 0 Å². The summed E-state index contributed by atoms with van der Waals surface area (Å²) in [6.45, 7) is 8.22. The molecule has 0 fully saturated rings. The van der Waals surface area contributed by atoms with Gasteiger partial charge in [0.05, 0.1) is 24.9 Å². The van der Waals surface area contributed by atoms with E-state index in [1.165, 1.54) is 7.11 Å². The van der Waals surface area contributed by atoms with Gasteiger partial charge in [0, 0.05) is 25.1 Å². The van der Waals surface area contributed by atoms with Gasteiger partial charge in [0.1, 0.15) is 5.76 Å². The smallest absolute Gasteiger partial charge is 0.337 e. The summed E-state index contributed by atoms with van der Waals surface area (Å²) in [4.78, 5) is 16.2. The number of rotatable bonds is 9. The van der Waals surface area contributed by atoms with Crippen LogP contribution in [0, 0.1) is 0 Å². The Labute approximate surface area is 189 Å². The van der Waals surface area contributed by atoms with Crippen molar-refractivity contribution < 1.29 is 14.1 Å². The third-order valence-corrected chi connectivity index (χ3v) is 4.43. The Hall–Kier alpha value is -2.10. The summed E-state index contributed by atoms with van der Waals surface area (Å²) in [6, 6.07) is 7.45. The first-order chi connectivity index (χ1) is 13.6. The molecule has 7 nitrogen and oxygen atoms in total. The monoisotopic (exact) mass is 514 g/mol. The van der Waals surface area contributed by atoms with Crippen LogP contribution in [0.5, 0.6) is 0 Å². The molecule has 0 unspecified atom stereocenters. The summed E-state index contributed by atoms with van der Waals surface area (Å²) in [6.07, 6.45) is 2.46. The van der Waals surface area contributed by atoms with Crippen molar-refractivity contribution in [3.05, 3.63) is 52.4 Å². The summed E-state index contributed by atoms with van der Waals surface area (Å²) < 4.78 is 10.1. The lowest BCUT2D eigenvalue weighted by Crippen LogP contribution is -2.38. The SMILES string of the molecule is CCNC(=NCc1c(CC)noc1CC)NCCc1ccc(C(=O)OC)cc1.I. The van der Waals surface area contributed by atoms with Gasteiger partial charge in [-0.2, -0.15) is 0 Å². The van der Waals surface area contributed by atoms with Gasteiger partial charge in [-0.25, -0.2) is 9.79 Å². The van der Waals surface area contributed by atoms with Crippen molar-refractivity contribution in [1.29, 1.82) is 0 Å². The molecular weight excluding hydrogens is 483 g/mol. The van der Waals surface area contributed by atoms with Crippen molar-refractivity contribution in [1.82, 2.24) is 15.8 Å². The maximum absolute atomic E-state index is 11.5. The predicted octanol–water partition coefficient (Wildman–Crippen LogP) is 3.50. The molecule has 2 aromatic rings. The fourth-order valence-corrected chi connectivity index (χ4v) is 2.87. The normalized spacial score (nSPS) is 11.0. The Bertz CT molecular complexity index is 766. The second-order valence-corrected chi connectivity index (χ2v) is 6.30. The highest BCUT2D eigenvalue weighted by Gasteiger charge is 2.13. The maximum atomic E-state index is 11.5. The second-order valence-electron chi connectivity index (χ2n) is 6.30. The Morgan fingerprint density at radius 2 is 1.86 bits per heavy atom. The van der Waals surface area contributed by atoms with E-state index >= 15 is 0 Å². The van der Waals surface area contributed by atoms with E-state index < -0.39 is 0 Å². The highest BCUT2D eigenvalue weighted by atomic mass is 127. The van der Waals surface area contributed by atoms with E-state index in [-0.39, 0.29) is 29.9 Å². The van der Waals surface area contributed by atoms with Crippen LogP contribution < -0.4 is 10.6 Å². The van der Waals surface area contributed by atoms with E-state index in [1.807, 2.05) is 19.1 Å². The second kappa shape index (κ2) is 13.2.